The van der Waals surface area contributed by atoms with Crippen LogP contribution in [0.25, 0.3) is 0 Å². The summed E-state index contributed by atoms with van der Waals surface area (Å²) in [6.45, 7) is -1.44. The van der Waals surface area contributed by atoms with Crippen molar-refractivity contribution in [1.82, 2.24) is 4.31 Å². The summed E-state index contributed by atoms with van der Waals surface area (Å²) in [6.07, 6.45) is -3.56. The molecule has 84 valence electrons. The van der Waals surface area contributed by atoms with Crippen LogP contribution >= 0.6 is 11.6 Å². The third-order valence-electron chi connectivity index (χ3n) is 1.78. The molecule has 1 aliphatic rings. The molecule has 14 heavy (non-hydrogen) atoms. The largest absolute Gasteiger partial charge is 0.402 e. The number of hydrogen-bond acceptors (Lipinski definition) is 2. The van der Waals surface area contributed by atoms with Crippen molar-refractivity contribution in [3.8, 4) is 0 Å². The minimum absolute atomic E-state index is 0.444. The first-order valence-corrected chi connectivity index (χ1v) is 6.03. The van der Waals surface area contributed by atoms with Gasteiger partial charge in [0.2, 0.25) is 10.0 Å². The van der Waals surface area contributed by atoms with Crippen molar-refractivity contribution in [2.75, 3.05) is 11.8 Å². The predicted octanol–water partition coefficient (Wildman–Crippen LogP) is 1.54. The highest BCUT2D eigenvalue weighted by Gasteiger charge is 2.43. The van der Waals surface area contributed by atoms with Crippen molar-refractivity contribution in [2.24, 2.45) is 0 Å². The summed E-state index contributed by atoms with van der Waals surface area (Å²) in [7, 11) is -3.95. The summed E-state index contributed by atoms with van der Waals surface area (Å²) in [4.78, 5) is 0. The molecule has 0 N–H and O–H groups in total. The van der Waals surface area contributed by atoms with Gasteiger partial charge in [-0.1, -0.05) is 0 Å². The first kappa shape index (κ1) is 12.1. The van der Waals surface area contributed by atoms with Gasteiger partial charge in [0.05, 0.1) is 0 Å². The number of sulfonamides is 1. The Bertz CT molecular complexity index is 299. The van der Waals surface area contributed by atoms with Gasteiger partial charge in [-0.05, 0) is 12.8 Å². The minimum Gasteiger partial charge on any atom is -0.211 e. The summed E-state index contributed by atoms with van der Waals surface area (Å²) >= 11 is 5.09. The number of nitrogens with zero attached hydrogens (tertiary/aromatic N) is 1. The maximum Gasteiger partial charge on any atom is 0.402 e. The normalized spacial score (nSPS) is 18.9. The Morgan fingerprint density at radius 2 is 1.86 bits per heavy atom. The Morgan fingerprint density at radius 1 is 1.36 bits per heavy atom. The minimum atomic E-state index is -4.51. The summed E-state index contributed by atoms with van der Waals surface area (Å²) < 4.78 is 58.8. The van der Waals surface area contributed by atoms with Gasteiger partial charge in [0, 0.05) is 6.04 Å². The van der Waals surface area contributed by atoms with Crippen molar-refractivity contribution >= 4 is 21.6 Å². The SMILES string of the molecule is O=S(=O)(CCl)N(CC(F)(F)F)C1CC1. The maximum absolute atomic E-state index is 12.0. The average molecular weight is 252 g/mol. The van der Waals surface area contributed by atoms with Gasteiger partial charge >= 0.3 is 6.18 Å². The molecule has 0 atom stereocenters. The average Bonchev–Trinajstić information content (AvgIpc) is 2.81. The molecule has 0 radical (unpaired) electrons. The van der Waals surface area contributed by atoms with Crippen molar-refractivity contribution in [2.45, 2.75) is 25.1 Å². The fraction of sp³-hybridized carbons (Fsp3) is 1.00. The van der Waals surface area contributed by atoms with E-state index in [2.05, 4.69) is 0 Å². The molecule has 1 saturated carbocycles. The van der Waals surface area contributed by atoms with Gasteiger partial charge in [-0.25, -0.2) is 8.42 Å². The van der Waals surface area contributed by atoms with Crippen molar-refractivity contribution in [1.29, 1.82) is 0 Å². The molecule has 0 bridgehead atoms. The Hall–Kier alpha value is -0.0100. The maximum atomic E-state index is 12.0. The quantitative estimate of drug-likeness (QED) is 0.711. The number of halogens is 4. The Kier molecular flexibility index (Phi) is 3.33. The Labute approximate surface area is 84.9 Å². The molecule has 0 aromatic rings. The molecule has 0 spiro atoms. The van der Waals surface area contributed by atoms with E-state index in [1.54, 1.807) is 0 Å². The predicted molar refractivity (Wildman–Crippen MR) is 45.4 cm³/mol. The molecule has 1 fully saturated rings. The molecule has 0 amide bonds. The molecular formula is C6H9ClF3NO2S. The van der Waals surface area contributed by atoms with Gasteiger partial charge in [0.25, 0.3) is 0 Å². The van der Waals surface area contributed by atoms with Crippen LogP contribution in [0.3, 0.4) is 0 Å². The summed E-state index contributed by atoms with van der Waals surface area (Å²) in [6, 6.07) is -0.514. The molecular weight excluding hydrogens is 243 g/mol. The van der Waals surface area contributed by atoms with Crippen LogP contribution in [0, 0.1) is 0 Å². The molecule has 8 heteroatoms. The lowest BCUT2D eigenvalue weighted by Gasteiger charge is -2.21. The van der Waals surface area contributed by atoms with E-state index < -0.39 is 34.0 Å². The van der Waals surface area contributed by atoms with Crippen LogP contribution in [0.4, 0.5) is 13.2 Å². The molecule has 1 aliphatic carbocycles. The smallest absolute Gasteiger partial charge is 0.211 e. The highest BCUT2D eigenvalue weighted by atomic mass is 35.5. The van der Waals surface area contributed by atoms with Crippen molar-refractivity contribution in [3.05, 3.63) is 0 Å². The van der Waals surface area contributed by atoms with E-state index in [0.29, 0.717) is 17.1 Å². The van der Waals surface area contributed by atoms with Gasteiger partial charge in [0.15, 0.2) is 0 Å². The van der Waals surface area contributed by atoms with Gasteiger partial charge in [-0.15, -0.1) is 11.6 Å². The van der Waals surface area contributed by atoms with Crippen LogP contribution in [0.1, 0.15) is 12.8 Å². The molecule has 0 saturated heterocycles. The Morgan fingerprint density at radius 3 is 2.14 bits per heavy atom. The first-order valence-electron chi connectivity index (χ1n) is 3.88. The van der Waals surface area contributed by atoms with Gasteiger partial charge in [0.1, 0.15) is 11.8 Å². The lowest BCUT2D eigenvalue weighted by atomic mass is 10.6. The van der Waals surface area contributed by atoms with Crippen molar-refractivity contribution in [3.63, 3.8) is 0 Å². The van der Waals surface area contributed by atoms with E-state index in [0.717, 1.165) is 0 Å². The number of hydrogen-bond donors (Lipinski definition) is 0. The van der Waals surface area contributed by atoms with Crippen LogP contribution in [-0.4, -0.2) is 36.7 Å². The van der Waals surface area contributed by atoms with E-state index in [1.807, 2.05) is 0 Å². The number of alkyl halides is 4. The fourth-order valence-electron chi connectivity index (χ4n) is 1.06. The zero-order valence-electron chi connectivity index (χ0n) is 7.09. The lowest BCUT2D eigenvalue weighted by Crippen LogP contribution is -2.40. The highest BCUT2D eigenvalue weighted by molar-refractivity contribution is 7.90. The molecule has 3 nitrogen and oxygen atoms in total. The highest BCUT2D eigenvalue weighted by Crippen LogP contribution is 2.32. The lowest BCUT2D eigenvalue weighted by molar-refractivity contribution is -0.136. The molecule has 0 unspecified atom stereocenters. The summed E-state index contributed by atoms with van der Waals surface area (Å²) in [5, 5.41) is -0.806. The van der Waals surface area contributed by atoms with Gasteiger partial charge in [-0.2, -0.15) is 17.5 Å². The first-order chi connectivity index (χ1) is 6.26. The molecule has 0 heterocycles. The second-order valence-corrected chi connectivity index (χ2v) is 5.62. The second kappa shape index (κ2) is 3.86. The van der Waals surface area contributed by atoms with E-state index >= 15 is 0 Å². The van der Waals surface area contributed by atoms with Crippen LogP contribution in [0.15, 0.2) is 0 Å². The van der Waals surface area contributed by atoms with E-state index in [-0.39, 0.29) is 0 Å². The number of rotatable bonds is 4. The monoisotopic (exact) mass is 251 g/mol. The second-order valence-electron chi connectivity index (χ2n) is 3.11. The molecule has 0 aliphatic heterocycles. The van der Waals surface area contributed by atoms with Gasteiger partial charge < -0.3 is 0 Å². The van der Waals surface area contributed by atoms with Crippen LogP contribution in [-0.2, 0) is 10.0 Å². The summed E-state index contributed by atoms with van der Waals surface area (Å²) in [5.74, 6) is 0. The standard InChI is InChI=1S/C6H9ClF3NO2S/c7-4-14(12,13)11(5-1-2-5)3-6(8,9)10/h5H,1-4H2. The van der Waals surface area contributed by atoms with E-state index in [1.165, 1.54) is 0 Å². The third-order valence-corrected chi connectivity index (χ3v) is 4.03. The van der Waals surface area contributed by atoms with Crippen LogP contribution in [0.2, 0.25) is 0 Å². The van der Waals surface area contributed by atoms with Gasteiger partial charge in [-0.3, -0.25) is 0 Å². The van der Waals surface area contributed by atoms with E-state index in [4.69, 9.17) is 11.6 Å². The zero-order chi connectivity index (χ0) is 11.0. The van der Waals surface area contributed by atoms with E-state index in [9.17, 15) is 21.6 Å². The summed E-state index contributed by atoms with van der Waals surface area (Å²) in [5.41, 5.74) is 0. The zero-order valence-corrected chi connectivity index (χ0v) is 8.66. The van der Waals surface area contributed by atoms with Crippen LogP contribution in [0.5, 0.6) is 0 Å². The molecule has 0 aromatic heterocycles. The Balaban J connectivity index is 2.75. The third kappa shape index (κ3) is 3.29. The molecule has 1 rings (SSSR count). The topological polar surface area (TPSA) is 37.4 Å². The van der Waals surface area contributed by atoms with Crippen molar-refractivity contribution < 1.29 is 21.6 Å². The van der Waals surface area contributed by atoms with Crippen LogP contribution < -0.4 is 0 Å². The molecule has 0 aromatic carbocycles. The fourth-order valence-corrected chi connectivity index (χ4v) is 2.57.